The first-order chi connectivity index (χ1) is 8.84. The third-order valence-corrected chi connectivity index (χ3v) is 4.00. The number of amides is 1. The van der Waals surface area contributed by atoms with Gasteiger partial charge in [0.25, 0.3) is 5.91 Å². The first kappa shape index (κ1) is 11.7. The summed E-state index contributed by atoms with van der Waals surface area (Å²) < 4.78 is 0. The van der Waals surface area contributed by atoms with Gasteiger partial charge < -0.3 is 10.2 Å². The monoisotopic (exact) mass is 244 g/mol. The summed E-state index contributed by atoms with van der Waals surface area (Å²) in [6.07, 6.45) is 4.87. The Hall–Kier alpha value is -1.35. The number of nitrogens with zero attached hydrogens (tertiary/aromatic N) is 1. The molecule has 0 saturated carbocycles. The number of rotatable bonds is 1. The lowest BCUT2D eigenvalue weighted by molar-refractivity contribution is 0.0735. The number of hydrogen-bond acceptors (Lipinski definition) is 2. The van der Waals surface area contributed by atoms with Crippen molar-refractivity contribution in [2.45, 2.75) is 25.7 Å². The van der Waals surface area contributed by atoms with Crippen LogP contribution in [0.1, 0.15) is 34.3 Å². The molecule has 96 valence electrons. The molecule has 0 atom stereocenters. The first-order valence-corrected chi connectivity index (χ1v) is 6.96. The summed E-state index contributed by atoms with van der Waals surface area (Å²) in [5.41, 5.74) is 3.71. The van der Waals surface area contributed by atoms with Crippen molar-refractivity contribution in [3.8, 4) is 0 Å². The number of hydrogen-bond donors (Lipinski definition) is 1. The molecule has 3 heteroatoms. The predicted molar refractivity (Wildman–Crippen MR) is 71.9 cm³/mol. The highest BCUT2D eigenvalue weighted by Gasteiger charge is 2.19. The molecule has 0 aromatic heterocycles. The molecule has 0 radical (unpaired) electrons. The van der Waals surface area contributed by atoms with Crippen molar-refractivity contribution >= 4 is 5.91 Å². The van der Waals surface area contributed by atoms with Gasteiger partial charge in [-0.3, -0.25) is 4.79 Å². The third-order valence-electron chi connectivity index (χ3n) is 4.00. The Labute approximate surface area is 108 Å². The molecule has 1 aromatic rings. The summed E-state index contributed by atoms with van der Waals surface area (Å²) in [5, 5.41) is 3.28. The first-order valence-electron chi connectivity index (χ1n) is 6.96. The molecule has 3 rings (SSSR count). The van der Waals surface area contributed by atoms with Crippen LogP contribution in [0.3, 0.4) is 0 Å². The maximum absolute atomic E-state index is 12.4. The number of fused-ring (bicyclic) bond motifs is 1. The average molecular weight is 244 g/mol. The van der Waals surface area contributed by atoms with Crippen molar-refractivity contribution in [3.05, 3.63) is 34.9 Å². The van der Waals surface area contributed by atoms with Crippen molar-refractivity contribution in [2.75, 3.05) is 26.2 Å². The van der Waals surface area contributed by atoms with E-state index in [0.29, 0.717) is 0 Å². The van der Waals surface area contributed by atoms with E-state index >= 15 is 0 Å². The van der Waals surface area contributed by atoms with Gasteiger partial charge in [0.2, 0.25) is 0 Å². The number of benzene rings is 1. The lowest BCUT2D eigenvalue weighted by Gasteiger charge is -2.28. The molecule has 1 N–H and O–H groups in total. The Bertz CT molecular complexity index is 450. The second-order valence-corrected chi connectivity index (χ2v) is 5.23. The van der Waals surface area contributed by atoms with Gasteiger partial charge in [0.15, 0.2) is 0 Å². The van der Waals surface area contributed by atoms with E-state index in [1.807, 2.05) is 11.0 Å². The quantitative estimate of drug-likeness (QED) is 0.814. The Morgan fingerprint density at radius 1 is 1.06 bits per heavy atom. The van der Waals surface area contributed by atoms with Crippen molar-refractivity contribution < 1.29 is 4.79 Å². The number of nitrogens with one attached hydrogen (secondary N) is 1. The van der Waals surface area contributed by atoms with Gasteiger partial charge in [0.1, 0.15) is 0 Å². The summed E-state index contributed by atoms with van der Waals surface area (Å²) in [6, 6.07) is 6.29. The molecule has 2 aliphatic rings. The van der Waals surface area contributed by atoms with E-state index in [2.05, 4.69) is 17.4 Å². The molecule has 1 saturated heterocycles. The van der Waals surface area contributed by atoms with Crippen LogP contribution in [-0.2, 0) is 12.8 Å². The fourth-order valence-corrected chi connectivity index (χ4v) is 2.92. The summed E-state index contributed by atoms with van der Waals surface area (Å²) in [7, 11) is 0. The summed E-state index contributed by atoms with van der Waals surface area (Å²) >= 11 is 0. The van der Waals surface area contributed by atoms with Gasteiger partial charge in [-0.1, -0.05) is 6.07 Å². The van der Waals surface area contributed by atoms with Crippen LogP contribution in [-0.4, -0.2) is 37.0 Å². The molecular formula is C15H20N2O. The molecule has 0 unspecified atom stereocenters. The lowest BCUT2D eigenvalue weighted by atomic mass is 9.90. The maximum atomic E-state index is 12.4. The summed E-state index contributed by atoms with van der Waals surface area (Å²) in [5.74, 6) is 0.199. The fourth-order valence-electron chi connectivity index (χ4n) is 2.92. The minimum absolute atomic E-state index is 0.199. The van der Waals surface area contributed by atoms with Crippen molar-refractivity contribution in [1.29, 1.82) is 0 Å². The zero-order valence-electron chi connectivity index (χ0n) is 10.7. The van der Waals surface area contributed by atoms with E-state index in [1.54, 1.807) is 0 Å². The van der Waals surface area contributed by atoms with Crippen LogP contribution in [0, 0.1) is 0 Å². The van der Waals surface area contributed by atoms with E-state index in [0.717, 1.165) is 38.2 Å². The van der Waals surface area contributed by atoms with E-state index in [9.17, 15) is 4.79 Å². The fraction of sp³-hybridized carbons (Fsp3) is 0.533. The number of carbonyl (C=O) groups is 1. The highest BCUT2D eigenvalue weighted by molar-refractivity contribution is 5.94. The zero-order chi connectivity index (χ0) is 12.4. The Kier molecular flexibility index (Phi) is 3.33. The van der Waals surface area contributed by atoms with Gasteiger partial charge in [-0.25, -0.2) is 0 Å². The van der Waals surface area contributed by atoms with Crippen molar-refractivity contribution in [1.82, 2.24) is 10.2 Å². The normalized spacial score (nSPS) is 19.4. The van der Waals surface area contributed by atoms with Gasteiger partial charge >= 0.3 is 0 Å². The molecule has 0 bridgehead atoms. The Morgan fingerprint density at radius 3 is 2.56 bits per heavy atom. The third kappa shape index (κ3) is 2.27. The Morgan fingerprint density at radius 2 is 1.78 bits per heavy atom. The van der Waals surface area contributed by atoms with E-state index in [4.69, 9.17) is 0 Å². The molecule has 1 aliphatic heterocycles. The number of piperazine rings is 1. The molecule has 1 amide bonds. The highest BCUT2D eigenvalue weighted by atomic mass is 16.2. The van der Waals surface area contributed by atoms with Crippen LogP contribution < -0.4 is 5.32 Å². The smallest absolute Gasteiger partial charge is 0.253 e. The van der Waals surface area contributed by atoms with Gasteiger partial charge in [0.05, 0.1) is 0 Å². The van der Waals surface area contributed by atoms with Gasteiger partial charge in [-0.2, -0.15) is 0 Å². The summed E-state index contributed by atoms with van der Waals surface area (Å²) in [6.45, 7) is 3.49. The number of carbonyl (C=O) groups excluding carboxylic acids is 1. The molecule has 18 heavy (non-hydrogen) atoms. The minimum Gasteiger partial charge on any atom is -0.336 e. The van der Waals surface area contributed by atoms with Crippen LogP contribution >= 0.6 is 0 Å². The van der Waals surface area contributed by atoms with E-state index in [1.165, 1.54) is 30.4 Å². The van der Waals surface area contributed by atoms with Crippen LogP contribution in [0.15, 0.2) is 18.2 Å². The molecule has 1 aromatic carbocycles. The molecule has 1 heterocycles. The van der Waals surface area contributed by atoms with Crippen LogP contribution in [0.2, 0.25) is 0 Å². The maximum Gasteiger partial charge on any atom is 0.253 e. The van der Waals surface area contributed by atoms with Gasteiger partial charge in [0, 0.05) is 31.7 Å². The molecule has 0 spiro atoms. The van der Waals surface area contributed by atoms with Gasteiger partial charge in [-0.15, -0.1) is 0 Å². The largest absolute Gasteiger partial charge is 0.336 e. The predicted octanol–water partition coefficient (Wildman–Crippen LogP) is 1.61. The van der Waals surface area contributed by atoms with Gasteiger partial charge in [-0.05, 0) is 48.9 Å². The van der Waals surface area contributed by atoms with Crippen LogP contribution in [0.4, 0.5) is 0 Å². The molecule has 3 nitrogen and oxygen atoms in total. The zero-order valence-corrected chi connectivity index (χ0v) is 10.7. The SMILES string of the molecule is O=C(c1ccc2c(c1)CCCC2)N1CCNCC1. The van der Waals surface area contributed by atoms with E-state index in [-0.39, 0.29) is 5.91 Å². The lowest BCUT2D eigenvalue weighted by Crippen LogP contribution is -2.46. The van der Waals surface area contributed by atoms with Crippen LogP contribution in [0.25, 0.3) is 0 Å². The molecular weight excluding hydrogens is 224 g/mol. The second kappa shape index (κ2) is 5.11. The molecule has 1 aliphatic carbocycles. The average Bonchev–Trinajstić information content (AvgIpc) is 2.47. The second-order valence-electron chi connectivity index (χ2n) is 5.23. The minimum atomic E-state index is 0.199. The van der Waals surface area contributed by atoms with Crippen molar-refractivity contribution in [3.63, 3.8) is 0 Å². The summed E-state index contributed by atoms with van der Waals surface area (Å²) in [4.78, 5) is 14.3. The number of aryl methyl sites for hydroxylation is 2. The molecule has 1 fully saturated rings. The topological polar surface area (TPSA) is 32.3 Å². The van der Waals surface area contributed by atoms with Crippen molar-refractivity contribution in [2.24, 2.45) is 0 Å². The Balaban J connectivity index is 1.80. The van der Waals surface area contributed by atoms with Crippen LogP contribution in [0.5, 0.6) is 0 Å². The standard InChI is InChI=1S/C15H20N2O/c18-15(17-9-7-16-8-10-17)14-6-5-12-3-1-2-4-13(12)11-14/h5-6,11,16H,1-4,7-10H2. The van der Waals surface area contributed by atoms with E-state index < -0.39 is 0 Å². The highest BCUT2D eigenvalue weighted by Crippen LogP contribution is 2.22.